The summed E-state index contributed by atoms with van der Waals surface area (Å²) in [5.74, 6) is 1.82. The molecule has 0 saturated heterocycles. The van der Waals surface area contributed by atoms with Crippen molar-refractivity contribution in [1.82, 2.24) is 0 Å². The number of rotatable bonds is 7. The Kier molecular flexibility index (Phi) is 5.59. The minimum absolute atomic E-state index is 0.208. The number of fused-ring (bicyclic) bond motifs is 1. The topological polar surface area (TPSA) is 54.0 Å². The van der Waals surface area contributed by atoms with Crippen molar-refractivity contribution >= 4 is 16.7 Å². The molecule has 0 N–H and O–H groups in total. The Labute approximate surface area is 152 Å². The van der Waals surface area contributed by atoms with Gasteiger partial charge in [0, 0.05) is 0 Å². The lowest BCUT2D eigenvalue weighted by Crippen LogP contribution is -2.18. The second-order valence-corrected chi connectivity index (χ2v) is 5.52. The van der Waals surface area contributed by atoms with Crippen molar-refractivity contribution in [3.63, 3.8) is 0 Å². The Hall–Kier alpha value is -3.21. The molecule has 134 valence electrons. The first kappa shape index (κ1) is 17.6. The summed E-state index contributed by atoms with van der Waals surface area (Å²) in [5, 5.41) is 1.96. The first-order valence-electron chi connectivity index (χ1n) is 8.32. The van der Waals surface area contributed by atoms with Crippen LogP contribution in [0.15, 0.2) is 60.7 Å². The molecule has 0 amide bonds. The van der Waals surface area contributed by atoms with E-state index in [1.807, 2.05) is 43.3 Å². The van der Waals surface area contributed by atoms with Gasteiger partial charge in [-0.25, -0.2) is 4.79 Å². The number of hydrogen-bond donors (Lipinski definition) is 0. The molecule has 0 aliphatic carbocycles. The van der Waals surface area contributed by atoms with Gasteiger partial charge >= 0.3 is 5.97 Å². The Morgan fingerprint density at radius 1 is 0.846 bits per heavy atom. The molecule has 3 rings (SSSR count). The molecular formula is C21H20O5. The van der Waals surface area contributed by atoms with Gasteiger partial charge in [0.25, 0.3) is 0 Å². The molecule has 5 nitrogen and oxygen atoms in total. The fourth-order valence-corrected chi connectivity index (χ4v) is 2.54. The number of hydrogen-bond acceptors (Lipinski definition) is 5. The Morgan fingerprint density at radius 3 is 2.19 bits per heavy atom. The van der Waals surface area contributed by atoms with Crippen LogP contribution in [0.3, 0.4) is 0 Å². The summed E-state index contributed by atoms with van der Waals surface area (Å²) < 4.78 is 21.6. The van der Waals surface area contributed by atoms with Gasteiger partial charge in [0.2, 0.25) is 0 Å². The smallest absolute Gasteiger partial charge is 0.349 e. The van der Waals surface area contributed by atoms with Gasteiger partial charge in [-0.1, -0.05) is 24.3 Å². The molecule has 0 aliphatic heterocycles. The summed E-state index contributed by atoms with van der Waals surface area (Å²) >= 11 is 0. The average molecular weight is 352 g/mol. The Balaban J connectivity index is 1.65. The van der Waals surface area contributed by atoms with Crippen LogP contribution in [0.5, 0.6) is 23.0 Å². The molecule has 0 spiro atoms. The van der Waals surface area contributed by atoms with Crippen molar-refractivity contribution in [2.24, 2.45) is 0 Å². The molecule has 5 heteroatoms. The van der Waals surface area contributed by atoms with Crippen molar-refractivity contribution in [1.29, 1.82) is 0 Å². The molecule has 3 aromatic carbocycles. The molecular weight excluding hydrogens is 332 g/mol. The first-order valence-corrected chi connectivity index (χ1v) is 8.32. The third-order valence-electron chi connectivity index (χ3n) is 3.75. The van der Waals surface area contributed by atoms with Crippen LogP contribution >= 0.6 is 0 Å². The van der Waals surface area contributed by atoms with E-state index in [2.05, 4.69) is 0 Å². The fourth-order valence-electron chi connectivity index (χ4n) is 2.54. The third-order valence-corrected chi connectivity index (χ3v) is 3.75. The highest BCUT2D eigenvalue weighted by Crippen LogP contribution is 2.27. The van der Waals surface area contributed by atoms with Crippen molar-refractivity contribution in [3.8, 4) is 23.0 Å². The van der Waals surface area contributed by atoms with Crippen molar-refractivity contribution in [3.05, 3.63) is 60.7 Å². The van der Waals surface area contributed by atoms with E-state index in [-0.39, 0.29) is 6.61 Å². The van der Waals surface area contributed by atoms with Gasteiger partial charge in [0.1, 0.15) is 11.5 Å². The molecule has 0 unspecified atom stereocenters. The highest BCUT2D eigenvalue weighted by atomic mass is 16.6. The first-order chi connectivity index (χ1) is 12.7. The number of esters is 1. The maximum Gasteiger partial charge on any atom is 0.349 e. The second-order valence-electron chi connectivity index (χ2n) is 5.52. The molecule has 0 saturated carbocycles. The van der Waals surface area contributed by atoms with Gasteiger partial charge in [0.05, 0.1) is 13.7 Å². The monoisotopic (exact) mass is 352 g/mol. The van der Waals surface area contributed by atoms with Crippen LogP contribution in [0, 0.1) is 0 Å². The van der Waals surface area contributed by atoms with Gasteiger partial charge in [-0.2, -0.15) is 0 Å². The standard InChI is InChI=1S/C21H20O5/c1-3-24-19-6-4-5-7-20(19)25-14-21(22)26-18-11-9-15-8-10-17(23-2)12-16(15)13-18/h4-13H,3,14H2,1-2H3. The normalized spacial score (nSPS) is 10.4. The van der Waals surface area contributed by atoms with E-state index in [1.54, 1.807) is 31.4 Å². The second kappa shape index (κ2) is 8.25. The number of carbonyl (C=O) groups excluding carboxylic acids is 1. The predicted octanol–water partition coefficient (Wildman–Crippen LogP) is 4.23. The Bertz CT molecular complexity index is 904. The zero-order valence-electron chi connectivity index (χ0n) is 14.7. The molecule has 0 aliphatic rings. The fraction of sp³-hybridized carbons (Fsp3) is 0.190. The van der Waals surface area contributed by atoms with Gasteiger partial charge in [0.15, 0.2) is 18.1 Å². The SMILES string of the molecule is CCOc1ccccc1OCC(=O)Oc1ccc2ccc(OC)cc2c1. The lowest BCUT2D eigenvalue weighted by Gasteiger charge is -2.11. The summed E-state index contributed by atoms with van der Waals surface area (Å²) in [6.07, 6.45) is 0. The van der Waals surface area contributed by atoms with Crippen LogP contribution in [0.1, 0.15) is 6.92 Å². The summed E-state index contributed by atoms with van der Waals surface area (Å²) in [4.78, 5) is 12.1. The molecule has 0 fully saturated rings. The van der Waals surface area contributed by atoms with Crippen LogP contribution in [0.2, 0.25) is 0 Å². The van der Waals surface area contributed by atoms with E-state index in [9.17, 15) is 4.79 Å². The summed E-state index contributed by atoms with van der Waals surface area (Å²) in [7, 11) is 1.61. The predicted molar refractivity (Wildman–Crippen MR) is 99.2 cm³/mol. The summed E-state index contributed by atoms with van der Waals surface area (Å²) in [6, 6.07) is 18.4. The van der Waals surface area contributed by atoms with Crippen molar-refractivity contribution < 1.29 is 23.7 Å². The van der Waals surface area contributed by atoms with E-state index in [0.717, 1.165) is 16.5 Å². The van der Waals surface area contributed by atoms with Gasteiger partial charge < -0.3 is 18.9 Å². The van der Waals surface area contributed by atoms with Crippen LogP contribution in [0.25, 0.3) is 10.8 Å². The zero-order chi connectivity index (χ0) is 18.4. The maximum absolute atomic E-state index is 12.1. The number of carbonyl (C=O) groups is 1. The highest BCUT2D eigenvalue weighted by molar-refractivity contribution is 5.86. The van der Waals surface area contributed by atoms with Gasteiger partial charge in [-0.15, -0.1) is 0 Å². The van der Waals surface area contributed by atoms with Gasteiger partial charge in [-0.05, 0) is 54.1 Å². The highest BCUT2D eigenvalue weighted by Gasteiger charge is 2.10. The molecule has 26 heavy (non-hydrogen) atoms. The molecule has 0 bridgehead atoms. The van der Waals surface area contributed by atoms with E-state index in [4.69, 9.17) is 18.9 Å². The number of benzene rings is 3. The van der Waals surface area contributed by atoms with Crippen LogP contribution in [-0.2, 0) is 4.79 Å². The van der Waals surface area contributed by atoms with Crippen LogP contribution < -0.4 is 18.9 Å². The number of ether oxygens (including phenoxy) is 4. The largest absolute Gasteiger partial charge is 0.497 e. The van der Waals surface area contributed by atoms with Gasteiger partial charge in [-0.3, -0.25) is 0 Å². The molecule has 3 aromatic rings. The molecule has 0 radical (unpaired) electrons. The average Bonchev–Trinajstić information content (AvgIpc) is 2.67. The van der Waals surface area contributed by atoms with Crippen molar-refractivity contribution in [2.45, 2.75) is 6.92 Å². The van der Waals surface area contributed by atoms with E-state index >= 15 is 0 Å². The lowest BCUT2D eigenvalue weighted by atomic mass is 10.1. The zero-order valence-corrected chi connectivity index (χ0v) is 14.7. The van der Waals surface area contributed by atoms with Crippen LogP contribution in [0.4, 0.5) is 0 Å². The maximum atomic E-state index is 12.1. The molecule has 0 aromatic heterocycles. The lowest BCUT2D eigenvalue weighted by molar-refractivity contribution is -0.136. The van der Waals surface area contributed by atoms with E-state index < -0.39 is 5.97 Å². The summed E-state index contributed by atoms with van der Waals surface area (Å²) in [6.45, 7) is 2.20. The Morgan fingerprint density at radius 2 is 1.50 bits per heavy atom. The number of para-hydroxylation sites is 2. The van der Waals surface area contributed by atoms with E-state index in [1.165, 1.54) is 0 Å². The van der Waals surface area contributed by atoms with E-state index in [0.29, 0.717) is 23.9 Å². The third kappa shape index (κ3) is 4.25. The quantitative estimate of drug-likeness (QED) is 0.470. The molecule has 0 atom stereocenters. The number of methoxy groups -OCH3 is 1. The molecule has 0 heterocycles. The minimum atomic E-state index is -0.487. The van der Waals surface area contributed by atoms with Crippen LogP contribution in [-0.4, -0.2) is 26.3 Å². The minimum Gasteiger partial charge on any atom is -0.497 e. The summed E-state index contributed by atoms with van der Waals surface area (Å²) in [5.41, 5.74) is 0. The van der Waals surface area contributed by atoms with Crippen molar-refractivity contribution in [2.75, 3.05) is 20.3 Å².